The third-order valence-corrected chi connectivity index (χ3v) is 3.00. The molecule has 3 rings (SSSR count). The molecule has 88 valence electrons. The molecule has 0 radical (unpaired) electrons. The third kappa shape index (κ3) is 1.76. The smallest absolute Gasteiger partial charge is 0.335 e. The molecule has 0 saturated heterocycles. The summed E-state index contributed by atoms with van der Waals surface area (Å²) in [6.45, 7) is 0. The first-order chi connectivity index (χ1) is 8.74. The van der Waals surface area contributed by atoms with Crippen LogP contribution in [0.25, 0.3) is 22.0 Å². The number of H-pyrrole nitrogens is 1. The number of benzene rings is 2. The third-order valence-electron chi connectivity index (χ3n) is 3.00. The highest BCUT2D eigenvalue weighted by molar-refractivity contribution is 5.90. The van der Waals surface area contributed by atoms with Crippen LogP contribution >= 0.6 is 0 Å². The summed E-state index contributed by atoms with van der Waals surface area (Å²) >= 11 is 0. The second-order valence-corrected chi connectivity index (χ2v) is 4.17. The Morgan fingerprint density at radius 2 is 1.83 bits per heavy atom. The van der Waals surface area contributed by atoms with E-state index in [9.17, 15) is 4.79 Å². The van der Waals surface area contributed by atoms with Crippen LogP contribution in [0.5, 0.6) is 0 Å². The molecule has 3 heteroatoms. The second-order valence-electron chi connectivity index (χ2n) is 4.17. The van der Waals surface area contributed by atoms with Gasteiger partial charge in [0.15, 0.2) is 0 Å². The highest BCUT2D eigenvalue weighted by atomic mass is 16.4. The van der Waals surface area contributed by atoms with Crippen LogP contribution < -0.4 is 0 Å². The summed E-state index contributed by atoms with van der Waals surface area (Å²) < 4.78 is 0. The lowest BCUT2D eigenvalue weighted by Gasteiger charge is -2.03. The maximum atomic E-state index is 10.9. The zero-order chi connectivity index (χ0) is 12.5. The average Bonchev–Trinajstić information content (AvgIpc) is 2.86. The van der Waals surface area contributed by atoms with Gasteiger partial charge in [-0.25, -0.2) is 4.79 Å². The molecule has 0 saturated carbocycles. The molecule has 3 nitrogen and oxygen atoms in total. The van der Waals surface area contributed by atoms with Crippen molar-refractivity contribution in [3.8, 4) is 11.1 Å². The Hall–Kier alpha value is -2.55. The molecule has 0 unspecified atom stereocenters. The van der Waals surface area contributed by atoms with Crippen molar-refractivity contribution in [2.45, 2.75) is 0 Å². The van der Waals surface area contributed by atoms with Gasteiger partial charge < -0.3 is 10.1 Å². The molecule has 2 aromatic carbocycles. The average molecular weight is 237 g/mol. The molecule has 18 heavy (non-hydrogen) atoms. The Morgan fingerprint density at radius 1 is 1.00 bits per heavy atom. The second kappa shape index (κ2) is 4.04. The largest absolute Gasteiger partial charge is 0.478 e. The predicted octanol–water partition coefficient (Wildman–Crippen LogP) is 3.53. The fourth-order valence-corrected chi connectivity index (χ4v) is 2.06. The molecule has 3 aromatic rings. The van der Waals surface area contributed by atoms with E-state index in [4.69, 9.17) is 5.11 Å². The van der Waals surface area contributed by atoms with Gasteiger partial charge >= 0.3 is 5.97 Å². The van der Waals surface area contributed by atoms with Gasteiger partial charge in [0.05, 0.1) is 5.56 Å². The lowest BCUT2D eigenvalue weighted by molar-refractivity contribution is 0.0697. The molecule has 0 aliphatic carbocycles. The maximum Gasteiger partial charge on any atom is 0.335 e. The lowest BCUT2D eigenvalue weighted by Crippen LogP contribution is -1.95. The lowest BCUT2D eigenvalue weighted by atomic mass is 10.0. The minimum Gasteiger partial charge on any atom is -0.478 e. The van der Waals surface area contributed by atoms with Gasteiger partial charge in [-0.15, -0.1) is 0 Å². The Bertz CT molecular complexity index is 728. The first-order valence-electron chi connectivity index (χ1n) is 5.65. The van der Waals surface area contributed by atoms with Gasteiger partial charge in [-0.2, -0.15) is 0 Å². The Balaban J connectivity index is 2.13. The Labute approximate surface area is 104 Å². The quantitative estimate of drug-likeness (QED) is 0.716. The number of carbonyl (C=O) groups is 1. The summed E-state index contributed by atoms with van der Waals surface area (Å²) in [7, 11) is 0. The van der Waals surface area contributed by atoms with Gasteiger partial charge in [0.25, 0.3) is 0 Å². The van der Waals surface area contributed by atoms with Crippen molar-refractivity contribution in [3.63, 3.8) is 0 Å². The van der Waals surface area contributed by atoms with Crippen LogP contribution in [-0.4, -0.2) is 16.1 Å². The minimum atomic E-state index is -0.905. The summed E-state index contributed by atoms with van der Waals surface area (Å²) in [5.74, 6) is -0.905. The highest BCUT2D eigenvalue weighted by Gasteiger charge is 2.05. The van der Waals surface area contributed by atoms with Crippen molar-refractivity contribution < 1.29 is 9.90 Å². The normalized spacial score (nSPS) is 10.7. The Morgan fingerprint density at radius 3 is 2.67 bits per heavy atom. The number of nitrogens with one attached hydrogen (secondary N) is 1. The van der Waals surface area contributed by atoms with E-state index in [1.807, 2.05) is 36.5 Å². The number of aromatic amines is 1. The first kappa shape index (κ1) is 10.6. The number of aromatic carboxylic acids is 1. The van der Waals surface area contributed by atoms with Crippen molar-refractivity contribution in [2.75, 3.05) is 0 Å². The fourth-order valence-electron chi connectivity index (χ4n) is 2.06. The van der Waals surface area contributed by atoms with Gasteiger partial charge in [0, 0.05) is 11.7 Å². The van der Waals surface area contributed by atoms with Crippen LogP contribution in [0.3, 0.4) is 0 Å². The summed E-state index contributed by atoms with van der Waals surface area (Å²) in [4.78, 5) is 14.1. The van der Waals surface area contributed by atoms with E-state index in [0.717, 1.165) is 22.0 Å². The molecule has 2 N–H and O–H groups in total. The number of carboxylic acids is 1. The van der Waals surface area contributed by atoms with Crippen molar-refractivity contribution in [2.24, 2.45) is 0 Å². The van der Waals surface area contributed by atoms with E-state index >= 15 is 0 Å². The molecule has 0 fully saturated rings. The molecule has 1 aromatic heterocycles. The van der Waals surface area contributed by atoms with Crippen LogP contribution in [-0.2, 0) is 0 Å². The number of fused-ring (bicyclic) bond motifs is 1. The molecular weight excluding hydrogens is 226 g/mol. The number of carboxylic acid groups (broad SMARTS) is 1. The predicted molar refractivity (Wildman–Crippen MR) is 70.7 cm³/mol. The number of hydrogen-bond acceptors (Lipinski definition) is 1. The van der Waals surface area contributed by atoms with Crippen LogP contribution in [0.2, 0.25) is 0 Å². The van der Waals surface area contributed by atoms with E-state index < -0.39 is 5.97 Å². The van der Waals surface area contributed by atoms with Crippen molar-refractivity contribution >= 4 is 16.9 Å². The van der Waals surface area contributed by atoms with Crippen molar-refractivity contribution in [3.05, 3.63) is 60.3 Å². The van der Waals surface area contributed by atoms with Gasteiger partial charge in [-0.05, 0) is 40.8 Å². The molecular formula is C15H11NO2. The molecule has 0 atom stereocenters. The number of rotatable bonds is 2. The van der Waals surface area contributed by atoms with E-state index in [1.54, 1.807) is 18.2 Å². The molecule has 0 spiro atoms. The SMILES string of the molecule is O=C(O)c1cccc(-c2ccc3cc[nH]c3c2)c1. The first-order valence-corrected chi connectivity index (χ1v) is 5.65. The van der Waals surface area contributed by atoms with E-state index in [2.05, 4.69) is 4.98 Å². The zero-order valence-corrected chi connectivity index (χ0v) is 9.55. The topological polar surface area (TPSA) is 53.1 Å². The standard InChI is InChI=1S/C15H11NO2/c17-15(18)13-3-1-2-11(8-13)12-5-4-10-6-7-16-14(10)9-12/h1-9,16H,(H,17,18). The summed E-state index contributed by atoms with van der Waals surface area (Å²) in [5.41, 5.74) is 3.27. The molecule has 0 bridgehead atoms. The molecule has 0 aliphatic rings. The number of aromatic nitrogens is 1. The minimum absolute atomic E-state index is 0.305. The maximum absolute atomic E-state index is 10.9. The summed E-state index contributed by atoms with van der Waals surface area (Å²) in [5, 5.41) is 10.1. The van der Waals surface area contributed by atoms with E-state index in [-0.39, 0.29) is 0 Å². The monoisotopic (exact) mass is 237 g/mol. The van der Waals surface area contributed by atoms with Gasteiger partial charge in [0.2, 0.25) is 0 Å². The summed E-state index contributed by atoms with van der Waals surface area (Å²) in [6, 6.07) is 15.0. The molecule has 1 heterocycles. The zero-order valence-electron chi connectivity index (χ0n) is 9.55. The van der Waals surface area contributed by atoms with E-state index in [1.165, 1.54) is 0 Å². The molecule has 0 aliphatic heterocycles. The fraction of sp³-hybridized carbons (Fsp3) is 0. The van der Waals surface area contributed by atoms with Crippen molar-refractivity contribution in [1.82, 2.24) is 4.98 Å². The van der Waals surface area contributed by atoms with E-state index in [0.29, 0.717) is 5.56 Å². The van der Waals surface area contributed by atoms with Crippen LogP contribution in [0.4, 0.5) is 0 Å². The van der Waals surface area contributed by atoms with Crippen LogP contribution in [0.1, 0.15) is 10.4 Å². The van der Waals surface area contributed by atoms with Crippen molar-refractivity contribution in [1.29, 1.82) is 0 Å². The summed E-state index contributed by atoms with van der Waals surface area (Å²) in [6.07, 6.45) is 1.89. The number of hydrogen-bond donors (Lipinski definition) is 2. The Kier molecular flexibility index (Phi) is 2.38. The molecule has 0 amide bonds. The van der Waals surface area contributed by atoms with Gasteiger partial charge in [-0.3, -0.25) is 0 Å². The van der Waals surface area contributed by atoms with Crippen LogP contribution in [0, 0.1) is 0 Å². The van der Waals surface area contributed by atoms with Gasteiger partial charge in [-0.1, -0.05) is 24.3 Å². The van der Waals surface area contributed by atoms with Crippen LogP contribution in [0.15, 0.2) is 54.7 Å². The van der Waals surface area contributed by atoms with Gasteiger partial charge in [0.1, 0.15) is 0 Å². The highest BCUT2D eigenvalue weighted by Crippen LogP contribution is 2.24.